The maximum Gasteiger partial charge on any atom is 0.119 e. The van der Waals surface area contributed by atoms with Crippen molar-refractivity contribution >= 4 is 0 Å². The SMILES string of the molecule is CCCC1CCC(N)C(c2ccc(OC3CC3)cc2)C1. The first-order chi connectivity index (χ1) is 9.76. The fourth-order valence-electron chi connectivity index (χ4n) is 3.51. The molecular formula is C18H27NO. The van der Waals surface area contributed by atoms with Crippen LogP contribution in [-0.4, -0.2) is 12.1 Å². The van der Waals surface area contributed by atoms with Gasteiger partial charge in [0.05, 0.1) is 6.10 Å². The van der Waals surface area contributed by atoms with Crippen LogP contribution in [0.3, 0.4) is 0 Å². The fourth-order valence-corrected chi connectivity index (χ4v) is 3.51. The maximum atomic E-state index is 6.37. The summed E-state index contributed by atoms with van der Waals surface area (Å²) in [5, 5.41) is 0. The molecular weight excluding hydrogens is 246 g/mol. The molecule has 0 aromatic heterocycles. The van der Waals surface area contributed by atoms with Gasteiger partial charge in [0.15, 0.2) is 0 Å². The lowest BCUT2D eigenvalue weighted by atomic mass is 9.74. The number of nitrogens with two attached hydrogens (primary N) is 1. The Morgan fingerprint density at radius 1 is 1.10 bits per heavy atom. The van der Waals surface area contributed by atoms with Crippen molar-refractivity contribution in [2.75, 3.05) is 0 Å². The highest BCUT2D eigenvalue weighted by atomic mass is 16.5. The summed E-state index contributed by atoms with van der Waals surface area (Å²) in [6.07, 6.45) is 9.31. The van der Waals surface area contributed by atoms with Crippen LogP contribution in [-0.2, 0) is 0 Å². The van der Waals surface area contributed by atoms with E-state index in [0.717, 1.165) is 11.7 Å². The molecule has 3 atom stereocenters. The molecule has 3 unspecified atom stereocenters. The van der Waals surface area contributed by atoms with Crippen LogP contribution in [0.2, 0.25) is 0 Å². The lowest BCUT2D eigenvalue weighted by Crippen LogP contribution is -2.34. The van der Waals surface area contributed by atoms with E-state index in [1.165, 1.54) is 50.5 Å². The van der Waals surface area contributed by atoms with Crippen molar-refractivity contribution < 1.29 is 4.74 Å². The molecule has 110 valence electrons. The van der Waals surface area contributed by atoms with Crippen LogP contribution < -0.4 is 10.5 Å². The second-order valence-corrected chi connectivity index (χ2v) is 6.62. The average Bonchev–Trinajstić information content (AvgIpc) is 3.26. The first kappa shape index (κ1) is 13.9. The van der Waals surface area contributed by atoms with E-state index in [2.05, 4.69) is 31.2 Å². The van der Waals surface area contributed by atoms with Gasteiger partial charge in [0.1, 0.15) is 5.75 Å². The Hall–Kier alpha value is -1.02. The largest absolute Gasteiger partial charge is 0.490 e. The van der Waals surface area contributed by atoms with Gasteiger partial charge in [0.2, 0.25) is 0 Å². The van der Waals surface area contributed by atoms with Gasteiger partial charge < -0.3 is 10.5 Å². The minimum absolute atomic E-state index is 0.332. The van der Waals surface area contributed by atoms with E-state index in [1.54, 1.807) is 0 Å². The molecule has 0 aliphatic heterocycles. The summed E-state index contributed by atoms with van der Waals surface area (Å²) in [6, 6.07) is 9.05. The zero-order valence-corrected chi connectivity index (χ0v) is 12.6. The minimum Gasteiger partial charge on any atom is -0.490 e. The lowest BCUT2D eigenvalue weighted by molar-refractivity contribution is 0.273. The van der Waals surface area contributed by atoms with Crippen LogP contribution in [0.25, 0.3) is 0 Å². The van der Waals surface area contributed by atoms with Crippen LogP contribution >= 0.6 is 0 Å². The summed E-state index contributed by atoms with van der Waals surface area (Å²) < 4.78 is 5.82. The summed E-state index contributed by atoms with van der Waals surface area (Å²) in [5.74, 6) is 2.42. The van der Waals surface area contributed by atoms with Crippen LogP contribution in [0.1, 0.15) is 63.4 Å². The number of benzene rings is 1. The van der Waals surface area contributed by atoms with Crippen molar-refractivity contribution in [3.05, 3.63) is 29.8 Å². The smallest absolute Gasteiger partial charge is 0.119 e. The minimum atomic E-state index is 0.332. The van der Waals surface area contributed by atoms with Crippen molar-refractivity contribution in [3.63, 3.8) is 0 Å². The third-order valence-electron chi connectivity index (χ3n) is 4.84. The van der Waals surface area contributed by atoms with E-state index < -0.39 is 0 Å². The lowest BCUT2D eigenvalue weighted by Gasteiger charge is -2.34. The molecule has 2 aliphatic rings. The summed E-state index contributed by atoms with van der Waals surface area (Å²) in [4.78, 5) is 0. The third kappa shape index (κ3) is 3.35. The number of hydrogen-bond donors (Lipinski definition) is 1. The van der Waals surface area contributed by atoms with Crippen molar-refractivity contribution in [1.29, 1.82) is 0 Å². The van der Waals surface area contributed by atoms with Crippen molar-refractivity contribution in [2.45, 2.75) is 69.9 Å². The molecule has 2 fully saturated rings. The molecule has 3 rings (SSSR count). The van der Waals surface area contributed by atoms with E-state index in [-0.39, 0.29) is 0 Å². The summed E-state index contributed by atoms with van der Waals surface area (Å²) >= 11 is 0. The van der Waals surface area contributed by atoms with Crippen molar-refractivity contribution in [1.82, 2.24) is 0 Å². The van der Waals surface area contributed by atoms with Gasteiger partial charge in [-0.25, -0.2) is 0 Å². The van der Waals surface area contributed by atoms with Gasteiger partial charge in [-0.05, 0) is 61.6 Å². The number of rotatable bonds is 5. The molecule has 20 heavy (non-hydrogen) atoms. The summed E-state index contributed by atoms with van der Waals surface area (Å²) in [6.45, 7) is 2.29. The molecule has 2 saturated carbocycles. The first-order valence-electron chi connectivity index (χ1n) is 8.28. The first-order valence-corrected chi connectivity index (χ1v) is 8.28. The molecule has 0 saturated heterocycles. The van der Waals surface area contributed by atoms with Crippen molar-refractivity contribution in [3.8, 4) is 5.75 Å². The summed E-state index contributed by atoms with van der Waals surface area (Å²) in [7, 11) is 0. The maximum absolute atomic E-state index is 6.37. The van der Waals surface area contributed by atoms with Gasteiger partial charge in [-0.15, -0.1) is 0 Å². The van der Waals surface area contributed by atoms with E-state index in [9.17, 15) is 0 Å². The van der Waals surface area contributed by atoms with E-state index in [0.29, 0.717) is 18.1 Å². The highest BCUT2D eigenvalue weighted by molar-refractivity contribution is 5.31. The second kappa shape index (κ2) is 6.17. The molecule has 0 spiro atoms. The number of ether oxygens (including phenoxy) is 1. The molecule has 2 heteroatoms. The van der Waals surface area contributed by atoms with E-state index >= 15 is 0 Å². The molecule has 0 heterocycles. The van der Waals surface area contributed by atoms with E-state index in [1.807, 2.05) is 0 Å². The Balaban J connectivity index is 1.66. The van der Waals surface area contributed by atoms with Crippen LogP contribution in [0, 0.1) is 5.92 Å². The second-order valence-electron chi connectivity index (χ2n) is 6.62. The monoisotopic (exact) mass is 273 g/mol. The molecule has 2 nitrogen and oxygen atoms in total. The predicted octanol–water partition coefficient (Wildman–Crippen LogP) is 4.24. The fraction of sp³-hybridized carbons (Fsp3) is 0.667. The van der Waals surface area contributed by atoms with Gasteiger partial charge in [0.25, 0.3) is 0 Å². The molecule has 0 amide bonds. The van der Waals surface area contributed by atoms with E-state index in [4.69, 9.17) is 10.5 Å². The molecule has 1 aromatic carbocycles. The number of hydrogen-bond acceptors (Lipinski definition) is 2. The highest BCUT2D eigenvalue weighted by Crippen LogP contribution is 2.38. The van der Waals surface area contributed by atoms with Gasteiger partial charge in [-0.2, -0.15) is 0 Å². The molecule has 2 N–H and O–H groups in total. The highest BCUT2D eigenvalue weighted by Gasteiger charge is 2.29. The van der Waals surface area contributed by atoms with Gasteiger partial charge in [0, 0.05) is 6.04 Å². The Bertz CT molecular complexity index is 424. The Labute approximate surface area is 122 Å². The third-order valence-corrected chi connectivity index (χ3v) is 4.84. The standard InChI is InChI=1S/C18H27NO/c1-2-3-13-4-11-18(19)17(12-13)14-5-7-15(8-6-14)20-16-9-10-16/h5-8,13,16-18H,2-4,9-12,19H2,1H3. The normalized spacial score (nSPS) is 30.2. The van der Waals surface area contributed by atoms with Gasteiger partial charge >= 0.3 is 0 Å². The van der Waals surface area contributed by atoms with Crippen LogP contribution in [0.5, 0.6) is 5.75 Å². The zero-order valence-electron chi connectivity index (χ0n) is 12.6. The van der Waals surface area contributed by atoms with Crippen LogP contribution in [0.15, 0.2) is 24.3 Å². The Kier molecular flexibility index (Phi) is 4.30. The Morgan fingerprint density at radius 2 is 1.85 bits per heavy atom. The van der Waals surface area contributed by atoms with Gasteiger partial charge in [-0.3, -0.25) is 0 Å². The average molecular weight is 273 g/mol. The topological polar surface area (TPSA) is 35.2 Å². The summed E-state index contributed by atoms with van der Waals surface area (Å²) in [5.41, 5.74) is 7.77. The molecule has 0 radical (unpaired) electrons. The quantitative estimate of drug-likeness (QED) is 0.871. The molecule has 0 bridgehead atoms. The molecule has 1 aromatic rings. The zero-order chi connectivity index (χ0) is 13.9. The van der Waals surface area contributed by atoms with Gasteiger partial charge in [-0.1, -0.05) is 31.9 Å². The van der Waals surface area contributed by atoms with Crippen LogP contribution in [0.4, 0.5) is 0 Å². The Morgan fingerprint density at radius 3 is 2.50 bits per heavy atom. The van der Waals surface area contributed by atoms with Crippen molar-refractivity contribution in [2.24, 2.45) is 11.7 Å². The predicted molar refractivity (Wildman–Crippen MR) is 83.1 cm³/mol. The molecule has 2 aliphatic carbocycles.